The highest BCUT2D eigenvalue weighted by Crippen LogP contribution is 2.29. The highest BCUT2D eigenvalue weighted by Gasteiger charge is 2.30. The fourth-order valence-electron chi connectivity index (χ4n) is 2.69. The molecule has 132 valence electrons. The first-order valence-corrected chi connectivity index (χ1v) is 7.96. The van der Waals surface area contributed by atoms with Crippen molar-refractivity contribution in [1.82, 2.24) is 15.3 Å². The molecule has 0 radical (unpaired) electrons. The fraction of sp³-hybridized carbons (Fsp3) is 0.353. The molecular formula is C17H17F3N4O. The summed E-state index contributed by atoms with van der Waals surface area (Å²) in [5.41, 5.74) is -0.905. The minimum Gasteiger partial charge on any atom is -0.357 e. The maximum atomic E-state index is 12.7. The van der Waals surface area contributed by atoms with Crippen molar-refractivity contribution < 1.29 is 18.0 Å². The summed E-state index contributed by atoms with van der Waals surface area (Å²) in [6.07, 6.45) is -0.632. The summed E-state index contributed by atoms with van der Waals surface area (Å²) in [6.45, 7) is 1.93. The van der Waals surface area contributed by atoms with Gasteiger partial charge in [0.25, 0.3) is 5.91 Å². The lowest BCUT2D eigenvalue weighted by Gasteiger charge is -2.16. The van der Waals surface area contributed by atoms with Crippen LogP contribution in [-0.4, -0.2) is 29.0 Å². The molecule has 0 bridgehead atoms. The Morgan fingerprint density at radius 2 is 1.96 bits per heavy atom. The highest BCUT2D eigenvalue weighted by molar-refractivity contribution is 5.94. The number of hydrogen-bond acceptors (Lipinski definition) is 4. The van der Waals surface area contributed by atoms with Gasteiger partial charge in [-0.2, -0.15) is 13.2 Å². The van der Waals surface area contributed by atoms with E-state index in [-0.39, 0.29) is 12.1 Å². The van der Waals surface area contributed by atoms with Gasteiger partial charge >= 0.3 is 6.18 Å². The summed E-state index contributed by atoms with van der Waals surface area (Å²) >= 11 is 0. The summed E-state index contributed by atoms with van der Waals surface area (Å²) in [4.78, 5) is 22.7. The van der Waals surface area contributed by atoms with Gasteiger partial charge in [-0.05, 0) is 37.1 Å². The van der Waals surface area contributed by atoms with Gasteiger partial charge in [-0.15, -0.1) is 0 Å². The molecule has 8 heteroatoms. The first-order chi connectivity index (χ1) is 11.9. The van der Waals surface area contributed by atoms with E-state index in [0.717, 1.165) is 43.9 Å². The van der Waals surface area contributed by atoms with Crippen molar-refractivity contribution in [2.45, 2.75) is 25.6 Å². The highest BCUT2D eigenvalue weighted by atomic mass is 19.4. The maximum Gasteiger partial charge on any atom is 0.416 e. The minimum atomic E-state index is -4.48. The molecule has 1 aliphatic rings. The molecule has 2 heterocycles. The van der Waals surface area contributed by atoms with Crippen LogP contribution in [0.1, 0.15) is 34.6 Å². The van der Waals surface area contributed by atoms with Gasteiger partial charge in [-0.25, -0.2) is 9.97 Å². The Labute approximate surface area is 142 Å². The first-order valence-electron chi connectivity index (χ1n) is 7.96. The molecule has 0 unspecified atom stereocenters. The second-order valence-corrected chi connectivity index (χ2v) is 5.79. The lowest BCUT2D eigenvalue weighted by atomic mass is 10.1. The van der Waals surface area contributed by atoms with Crippen molar-refractivity contribution in [3.8, 4) is 0 Å². The number of aromatic nitrogens is 2. The number of rotatable bonds is 4. The van der Waals surface area contributed by atoms with Crippen LogP contribution in [0.3, 0.4) is 0 Å². The Kier molecular flexibility index (Phi) is 4.87. The van der Waals surface area contributed by atoms with E-state index in [0.29, 0.717) is 5.82 Å². The number of carbonyl (C=O) groups excluding carboxylic acids is 1. The second kappa shape index (κ2) is 7.08. The average molecular weight is 350 g/mol. The molecule has 1 amide bonds. The third-order valence-corrected chi connectivity index (χ3v) is 3.98. The van der Waals surface area contributed by atoms with Gasteiger partial charge in [0, 0.05) is 24.8 Å². The van der Waals surface area contributed by atoms with Gasteiger partial charge in [0.15, 0.2) is 0 Å². The van der Waals surface area contributed by atoms with Crippen molar-refractivity contribution in [1.29, 1.82) is 0 Å². The zero-order valence-electron chi connectivity index (χ0n) is 13.4. The molecule has 1 aromatic heterocycles. The Hall–Kier alpha value is -2.64. The van der Waals surface area contributed by atoms with Crippen LogP contribution in [0.4, 0.5) is 19.0 Å². The molecule has 2 aromatic rings. The predicted octanol–water partition coefficient (Wildman–Crippen LogP) is 3.03. The number of nitrogens with one attached hydrogen (secondary N) is 1. The van der Waals surface area contributed by atoms with Crippen LogP contribution in [0.15, 0.2) is 36.5 Å². The Bertz CT molecular complexity index is 758. The minimum absolute atomic E-state index is 0.0504. The first kappa shape index (κ1) is 17.2. The van der Waals surface area contributed by atoms with Crippen molar-refractivity contribution in [2.24, 2.45) is 0 Å². The molecule has 0 saturated carbocycles. The molecule has 1 aromatic carbocycles. The number of anilines is 1. The number of amides is 1. The number of nitrogens with zero attached hydrogens (tertiary/aromatic N) is 3. The smallest absolute Gasteiger partial charge is 0.357 e. The SMILES string of the molecule is O=C(NCc1nccc(N2CCCC2)n1)c1cccc(C(F)(F)F)c1. The largest absolute Gasteiger partial charge is 0.416 e. The van der Waals surface area contributed by atoms with Crippen LogP contribution in [0.25, 0.3) is 0 Å². The summed E-state index contributed by atoms with van der Waals surface area (Å²) in [7, 11) is 0. The Morgan fingerprint density at radius 3 is 2.68 bits per heavy atom. The van der Waals surface area contributed by atoms with Crippen molar-refractivity contribution in [3.05, 3.63) is 53.5 Å². The van der Waals surface area contributed by atoms with Crippen LogP contribution in [0, 0.1) is 0 Å². The van der Waals surface area contributed by atoms with Crippen molar-refractivity contribution in [2.75, 3.05) is 18.0 Å². The van der Waals surface area contributed by atoms with E-state index >= 15 is 0 Å². The molecule has 3 rings (SSSR count). The molecule has 0 atom stereocenters. The molecule has 1 saturated heterocycles. The monoisotopic (exact) mass is 350 g/mol. The van der Waals surface area contributed by atoms with Gasteiger partial charge in [0.2, 0.25) is 0 Å². The van der Waals surface area contributed by atoms with E-state index in [1.165, 1.54) is 12.1 Å². The molecule has 1 aliphatic heterocycles. The number of hydrogen-bond donors (Lipinski definition) is 1. The lowest BCUT2D eigenvalue weighted by molar-refractivity contribution is -0.137. The van der Waals surface area contributed by atoms with E-state index in [4.69, 9.17) is 0 Å². The molecule has 5 nitrogen and oxygen atoms in total. The van der Waals surface area contributed by atoms with Gasteiger partial charge in [0.05, 0.1) is 12.1 Å². The van der Waals surface area contributed by atoms with Crippen LogP contribution >= 0.6 is 0 Å². The van der Waals surface area contributed by atoms with Gasteiger partial charge in [0.1, 0.15) is 11.6 Å². The van der Waals surface area contributed by atoms with Gasteiger partial charge in [-0.3, -0.25) is 4.79 Å². The quantitative estimate of drug-likeness (QED) is 0.921. The van der Waals surface area contributed by atoms with Crippen molar-refractivity contribution >= 4 is 11.7 Å². The standard InChI is InChI=1S/C17H17F3N4O/c18-17(19,20)13-5-3-4-12(10-13)16(25)22-11-14-21-7-6-15(23-14)24-8-1-2-9-24/h3-7,10H,1-2,8-9,11H2,(H,22,25). The molecule has 0 aliphatic carbocycles. The third-order valence-electron chi connectivity index (χ3n) is 3.98. The number of alkyl halides is 3. The van der Waals surface area contributed by atoms with Gasteiger partial charge < -0.3 is 10.2 Å². The predicted molar refractivity (Wildman–Crippen MR) is 86.1 cm³/mol. The van der Waals surface area contributed by atoms with Crippen LogP contribution in [-0.2, 0) is 12.7 Å². The molecule has 1 fully saturated rings. The molecule has 0 spiro atoms. The molecule has 25 heavy (non-hydrogen) atoms. The summed E-state index contributed by atoms with van der Waals surface area (Å²) < 4.78 is 38.2. The normalized spacial score (nSPS) is 14.6. The van der Waals surface area contributed by atoms with Crippen LogP contribution in [0.5, 0.6) is 0 Å². The van der Waals surface area contributed by atoms with Crippen molar-refractivity contribution in [3.63, 3.8) is 0 Å². The fourth-order valence-corrected chi connectivity index (χ4v) is 2.69. The summed E-state index contributed by atoms with van der Waals surface area (Å²) in [5.74, 6) is 0.627. The number of carbonyl (C=O) groups is 1. The lowest BCUT2D eigenvalue weighted by Crippen LogP contribution is -2.25. The topological polar surface area (TPSA) is 58.1 Å². The Balaban J connectivity index is 1.65. The van der Waals surface area contributed by atoms with Crippen LogP contribution in [0.2, 0.25) is 0 Å². The Morgan fingerprint density at radius 1 is 1.20 bits per heavy atom. The maximum absolute atomic E-state index is 12.7. The second-order valence-electron chi connectivity index (χ2n) is 5.79. The zero-order chi connectivity index (χ0) is 17.9. The van der Waals surface area contributed by atoms with Gasteiger partial charge in [-0.1, -0.05) is 6.07 Å². The van der Waals surface area contributed by atoms with E-state index in [1.54, 1.807) is 6.20 Å². The average Bonchev–Trinajstić information content (AvgIpc) is 3.14. The van der Waals surface area contributed by atoms with E-state index in [9.17, 15) is 18.0 Å². The summed E-state index contributed by atoms with van der Waals surface area (Å²) in [5, 5.41) is 2.56. The van der Waals surface area contributed by atoms with E-state index in [1.807, 2.05) is 6.07 Å². The molecule has 1 N–H and O–H groups in total. The number of halogens is 3. The van der Waals surface area contributed by atoms with Crippen LogP contribution < -0.4 is 10.2 Å². The summed E-state index contributed by atoms with van der Waals surface area (Å²) in [6, 6.07) is 6.12. The third kappa shape index (κ3) is 4.26. The van der Waals surface area contributed by atoms with E-state index in [2.05, 4.69) is 20.2 Å². The number of benzene rings is 1. The van der Waals surface area contributed by atoms with E-state index < -0.39 is 17.6 Å². The molecular weight excluding hydrogens is 333 g/mol. The zero-order valence-corrected chi connectivity index (χ0v) is 13.4.